The molecule has 154 valence electrons. The van der Waals surface area contributed by atoms with E-state index in [1.807, 2.05) is 24.3 Å². The summed E-state index contributed by atoms with van der Waals surface area (Å²) in [7, 11) is -4.49. The van der Waals surface area contributed by atoms with Crippen LogP contribution in [0.15, 0.2) is 34.4 Å². The summed E-state index contributed by atoms with van der Waals surface area (Å²) in [5.41, 5.74) is 5.84. The molecule has 0 aliphatic rings. The standard InChI is InChI=1S/C18H29INO6P/c1-15(19)5-3-2-4-12-25-17-8-6-16(7-9-17)10-11-18(20,13-21)14-26-27(22,23)24/h6-9,21H,1-5,10-14,20H2,(H2,22,23,24)/p+1. The molecule has 0 aliphatic carbocycles. The molecular formula is C18H30INO6P+. The van der Waals surface area contributed by atoms with Crippen LogP contribution < -0.4 is 10.5 Å². The van der Waals surface area contributed by atoms with Crippen LogP contribution >= 0.6 is 30.4 Å². The van der Waals surface area contributed by atoms with Crippen molar-refractivity contribution >= 4 is 30.4 Å². The number of ether oxygens (including phenoxy) is 1. The lowest BCUT2D eigenvalue weighted by Gasteiger charge is -2.24. The Morgan fingerprint density at radius 3 is 2.48 bits per heavy atom. The average molecular weight is 514 g/mol. The molecule has 0 aromatic heterocycles. The third-order valence-corrected chi connectivity index (χ3v) is 5.13. The first kappa shape index (κ1) is 24.6. The maximum atomic E-state index is 10.9. The van der Waals surface area contributed by atoms with Crippen LogP contribution in [0, 0.1) is 0 Å². The van der Waals surface area contributed by atoms with E-state index in [1.54, 1.807) is 0 Å². The largest absolute Gasteiger partial charge is 0.629 e. The van der Waals surface area contributed by atoms with Crippen LogP contribution in [-0.2, 0) is 11.0 Å². The topological polar surface area (TPSA) is 126 Å². The minimum absolute atomic E-state index is 0.292. The highest BCUT2D eigenvalue weighted by Crippen LogP contribution is 2.33. The molecule has 0 aliphatic heterocycles. The molecule has 1 rings (SSSR count). The van der Waals surface area contributed by atoms with Crippen molar-refractivity contribution < 1.29 is 28.7 Å². The third-order valence-electron chi connectivity index (χ3n) is 4.08. The Kier molecular flexibility index (Phi) is 11.1. The van der Waals surface area contributed by atoms with Crippen LogP contribution in [0.2, 0.25) is 0 Å². The Labute approximate surface area is 174 Å². The predicted octanol–water partition coefficient (Wildman–Crippen LogP) is 2.82. The van der Waals surface area contributed by atoms with Crippen LogP contribution in [-0.4, -0.2) is 44.8 Å². The van der Waals surface area contributed by atoms with Crippen molar-refractivity contribution in [2.45, 2.75) is 44.1 Å². The maximum Gasteiger partial charge on any atom is 0.629 e. The fraction of sp³-hybridized carbons (Fsp3) is 0.556. The van der Waals surface area contributed by atoms with Gasteiger partial charge in [-0.3, -0.25) is 9.79 Å². The zero-order chi connectivity index (χ0) is 20.3. The zero-order valence-corrected chi connectivity index (χ0v) is 18.4. The van der Waals surface area contributed by atoms with Crippen LogP contribution in [0.4, 0.5) is 0 Å². The van der Waals surface area contributed by atoms with Gasteiger partial charge in [0.2, 0.25) is 0 Å². The fourth-order valence-electron chi connectivity index (χ4n) is 2.37. The van der Waals surface area contributed by atoms with Gasteiger partial charge in [0.1, 0.15) is 11.3 Å². The number of hydrogen-bond acceptors (Lipinski definition) is 4. The van der Waals surface area contributed by atoms with Crippen LogP contribution in [0.25, 0.3) is 0 Å². The second kappa shape index (κ2) is 12.2. The van der Waals surface area contributed by atoms with E-state index < -0.39 is 20.0 Å². The third kappa shape index (κ3) is 11.8. The van der Waals surface area contributed by atoms with E-state index in [0.717, 1.165) is 37.0 Å². The summed E-state index contributed by atoms with van der Waals surface area (Å²) in [5.74, 6) is 0.801. The van der Waals surface area contributed by atoms with Crippen molar-refractivity contribution in [2.75, 3.05) is 19.8 Å². The molecule has 1 atom stereocenters. The molecule has 0 saturated carbocycles. The molecule has 0 heterocycles. The monoisotopic (exact) mass is 514 g/mol. The van der Waals surface area contributed by atoms with Crippen LogP contribution in [0.5, 0.6) is 5.75 Å². The number of aryl methyl sites for hydroxylation is 1. The Balaban J connectivity index is 2.36. The zero-order valence-electron chi connectivity index (χ0n) is 15.4. The quantitative estimate of drug-likeness (QED) is 0.131. The summed E-state index contributed by atoms with van der Waals surface area (Å²) < 4.78 is 21.0. The van der Waals surface area contributed by atoms with Gasteiger partial charge in [-0.05, 0) is 82.4 Å². The molecule has 0 saturated heterocycles. The van der Waals surface area contributed by atoms with Gasteiger partial charge < -0.3 is 20.1 Å². The van der Waals surface area contributed by atoms with E-state index in [-0.39, 0.29) is 6.61 Å². The second-order valence-corrected chi connectivity index (χ2v) is 9.49. The molecule has 1 aromatic rings. The van der Waals surface area contributed by atoms with Crippen LogP contribution in [0.1, 0.15) is 37.7 Å². The number of allylic oxidation sites excluding steroid dienone is 1. The van der Waals surface area contributed by atoms with Gasteiger partial charge in [-0.15, -0.1) is 0 Å². The highest BCUT2D eigenvalue weighted by Gasteiger charge is 2.33. The lowest BCUT2D eigenvalue weighted by Crippen LogP contribution is -2.49. The number of hydrogen-bond donors (Lipinski definition) is 4. The molecule has 0 bridgehead atoms. The van der Waals surface area contributed by atoms with Gasteiger partial charge in [0, 0.05) is 0 Å². The molecular weight excluding hydrogens is 484 g/mol. The second-order valence-electron chi connectivity index (χ2n) is 6.65. The van der Waals surface area contributed by atoms with Crippen molar-refractivity contribution in [1.29, 1.82) is 0 Å². The number of rotatable bonds is 14. The number of nitrogens with two attached hydrogens (primary N) is 1. The molecule has 0 radical (unpaired) electrons. The van der Waals surface area contributed by atoms with Gasteiger partial charge in [0.15, 0.2) is 6.61 Å². The summed E-state index contributed by atoms with van der Waals surface area (Å²) in [4.78, 5) is 17.6. The van der Waals surface area contributed by atoms with Gasteiger partial charge in [0.05, 0.1) is 13.2 Å². The number of aliphatic hydroxyl groups is 2. The van der Waals surface area contributed by atoms with E-state index in [2.05, 4.69) is 33.7 Å². The number of unbranched alkanes of at least 4 members (excludes halogenated alkanes) is 2. The van der Waals surface area contributed by atoms with Gasteiger partial charge in [0.25, 0.3) is 0 Å². The maximum absolute atomic E-state index is 10.9. The van der Waals surface area contributed by atoms with Crippen molar-refractivity contribution in [2.24, 2.45) is 5.73 Å². The van der Waals surface area contributed by atoms with Gasteiger partial charge in [-0.1, -0.05) is 18.7 Å². The summed E-state index contributed by atoms with van der Waals surface area (Å²) in [5, 5.41) is 9.43. The first-order chi connectivity index (χ1) is 12.6. The first-order valence-electron chi connectivity index (χ1n) is 8.83. The SMILES string of the molecule is C=C(I)CCCCCOc1ccc(CCC(N)(CO)C[OH+]P(=O)(O)O)cc1. The summed E-state index contributed by atoms with van der Waals surface area (Å²) in [6.07, 6.45) is 5.21. The van der Waals surface area contributed by atoms with Gasteiger partial charge in [-0.25, -0.2) is 0 Å². The summed E-state index contributed by atoms with van der Waals surface area (Å²) >= 11 is 2.25. The van der Waals surface area contributed by atoms with Crippen LogP contribution in [0.3, 0.4) is 0 Å². The minimum Gasteiger partial charge on any atom is -0.494 e. The Morgan fingerprint density at radius 2 is 1.93 bits per heavy atom. The Hall–Kier alpha value is -0.480. The smallest absolute Gasteiger partial charge is 0.494 e. The predicted molar refractivity (Wildman–Crippen MR) is 115 cm³/mol. The van der Waals surface area contributed by atoms with E-state index >= 15 is 0 Å². The molecule has 7 nitrogen and oxygen atoms in total. The van der Waals surface area contributed by atoms with E-state index in [9.17, 15) is 9.67 Å². The summed E-state index contributed by atoms with van der Waals surface area (Å²) in [6, 6.07) is 7.62. The first-order valence-corrected chi connectivity index (χ1v) is 11.5. The van der Waals surface area contributed by atoms with E-state index in [0.29, 0.717) is 19.4 Å². The van der Waals surface area contributed by atoms with Gasteiger partial charge >= 0.3 is 7.82 Å². The van der Waals surface area contributed by atoms with Crippen molar-refractivity contribution in [3.63, 3.8) is 0 Å². The number of halogens is 1. The van der Waals surface area contributed by atoms with Crippen molar-refractivity contribution in [3.05, 3.63) is 40.0 Å². The molecule has 6 N–H and O–H groups in total. The molecule has 1 unspecified atom stereocenters. The molecule has 0 fully saturated rings. The lowest BCUT2D eigenvalue weighted by molar-refractivity contribution is 0.0135. The fourth-order valence-corrected chi connectivity index (χ4v) is 3.22. The molecule has 0 spiro atoms. The average Bonchev–Trinajstić information content (AvgIpc) is 2.61. The minimum atomic E-state index is -4.49. The van der Waals surface area contributed by atoms with Crippen molar-refractivity contribution in [1.82, 2.24) is 0 Å². The highest BCUT2D eigenvalue weighted by molar-refractivity contribution is 14.1. The van der Waals surface area contributed by atoms with Crippen molar-refractivity contribution in [3.8, 4) is 5.75 Å². The Bertz CT molecular complexity index is 621. The van der Waals surface area contributed by atoms with E-state index in [1.165, 1.54) is 3.58 Å². The highest BCUT2D eigenvalue weighted by atomic mass is 127. The van der Waals surface area contributed by atoms with Gasteiger partial charge in [-0.2, -0.15) is 4.57 Å². The lowest BCUT2D eigenvalue weighted by atomic mass is 9.94. The molecule has 0 amide bonds. The summed E-state index contributed by atoms with van der Waals surface area (Å²) in [6.45, 7) is 3.86. The number of aliphatic hydroxyl groups excluding tert-OH is 1. The number of benzene rings is 1. The molecule has 27 heavy (non-hydrogen) atoms. The molecule has 1 aromatic carbocycles. The normalized spacial score (nSPS) is 14.0. The molecule has 9 heteroatoms. The Morgan fingerprint density at radius 1 is 1.26 bits per heavy atom. The van der Waals surface area contributed by atoms with E-state index in [4.69, 9.17) is 20.3 Å².